The number of allylic oxidation sites excluding steroid dienone is 2. The van der Waals surface area contributed by atoms with Crippen LogP contribution in [0.25, 0.3) is 0 Å². The van der Waals surface area contributed by atoms with Gasteiger partial charge in [0.2, 0.25) is 0 Å². The highest BCUT2D eigenvalue weighted by molar-refractivity contribution is 5.14. The maximum absolute atomic E-state index is 12.9. The van der Waals surface area contributed by atoms with Crippen LogP contribution >= 0.6 is 0 Å². The number of rotatable bonds is 3. The molecule has 96 valence electrons. The Morgan fingerprint density at radius 2 is 1.94 bits per heavy atom. The van der Waals surface area contributed by atoms with Gasteiger partial charge in [-0.15, -0.1) is 0 Å². The van der Waals surface area contributed by atoms with E-state index in [2.05, 4.69) is 17.5 Å². The Morgan fingerprint density at radius 1 is 1.24 bits per heavy atom. The van der Waals surface area contributed by atoms with Gasteiger partial charge in [-0.1, -0.05) is 12.2 Å². The molecular formula is C13H18F3N. The van der Waals surface area contributed by atoms with Gasteiger partial charge in [0.1, 0.15) is 5.54 Å². The van der Waals surface area contributed by atoms with Gasteiger partial charge in [0.25, 0.3) is 0 Å². The standard InChI is InChI=1S/C13H18F3N/c1-8(11-7-9-2-3-10(11)6-9)17-12(4-5-12)13(14,15)16/h2-3,8-11,17H,4-7H2,1H3. The number of nitrogens with one attached hydrogen (secondary N) is 1. The highest BCUT2D eigenvalue weighted by atomic mass is 19.4. The van der Waals surface area contributed by atoms with E-state index in [0.717, 1.165) is 12.8 Å². The molecule has 4 heteroatoms. The Kier molecular flexibility index (Phi) is 2.38. The summed E-state index contributed by atoms with van der Waals surface area (Å²) >= 11 is 0. The molecule has 0 amide bonds. The Balaban J connectivity index is 1.65. The summed E-state index contributed by atoms with van der Waals surface area (Å²) in [5, 5.41) is 2.88. The fourth-order valence-corrected chi connectivity index (χ4v) is 3.58. The van der Waals surface area contributed by atoms with Crippen molar-refractivity contribution < 1.29 is 13.2 Å². The molecule has 0 spiro atoms. The van der Waals surface area contributed by atoms with Crippen LogP contribution in [-0.4, -0.2) is 17.8 Å². The molecule has 0 aromatic carbocycles. The Labute approximate surface area is 99.5 Å². The first-order valence-electron chi connectivity index (χ1n) is 6.44. The van der Waals surface area contributed by atoms with E-state index in [1.807, 2.05) is 6.92 Å². The van der Waals surface area contributed by atoms with E-state index < -0.39 is 11.7 Å². The van der Waals surface area contributed by atoms with Crippen molar-refractivity contribution in [3.63, 3.8) is 0 Å². The van der Waals surface area contributed by atoms with Crippen molar-refractivity contribution in [2.45, 2.75) is 50.4 Å². The molecule has 2 saturated carbocycles. The number of alkyl halides is 3. The third-order valence-electron chi connectivity index (χ3n) is 4.77. The van der Waals surface area contributed by atoms with Gasteiger partial charge in [-0.2, -0.15) is 13.2 Å². The first-order valence-corrected chi connectivity index (χ1v) is 6.44. The summed E-state index contributed by atoms with van der Waals surface area (Å²) < 4.78 is 38.6. The van der Waals surface area contributed by atoms with Crippen LogP contribution in [-0.2, 0) is 0 Å². The lowest BCUT2D eigenvalue weighted by Crippen LogP contribution is -2.51. The summed E-state index contributed by atoms with van der Waals surface area (Å²) in [7, 11) is 0. The normalized spacial score (nSPS) is 39.6. The van der Waals surface area contributed by atoms with Crippen molar-refractivity contribution in [1.82, 2.24) is 5.32 Å². The molecule has 1 nitrogen and oxygen atoms in total. The molecule has 2 fully saturated rings. The van der Waals surface area contributed by atoms with Crippen LogP contribution in [0, 0.1) is 17.8 Å². The predicted molar refractivity (Wildman–Crippen MR) is 59.5 cm³/mol. The lowest BCUT2D eigenvalue weighted by molar-refractivity contribution is -0.168. The molecule has 4 unspecified atom stereocenters. The molecule has 0 aromatic rings. The molecule has 3 aliphatic carbocycles. The molecule has 0 aromatic heterocycles. The predicted octanol–water partition coefficient (Wildman–Crippen LogP) is 3.27. The van der Waals surface area contributed by atoms with Crippen LogP contribution in [0.4, 0.5) is 13.2 Å². The fourth-order valence-electron chi connectivity index (χ4n) is 3.58. The maximum Gasteiger partial charge on any atom is 0.406 e. The van der Waals surface area contributed by atoms with E-state index in [1.165, 1.54) is 0 Å². The van der Waals surface area contributed by atoms with Gasteiger partial charge in [-0.05, 0) is 50.4 Å². The minimum absolute atomic E-state index is 0.0286. The summed E-state index contributed by atoms with van der Waals surface area (Å²) in [4.78, 5) is 0. The first-order chi connectivity index (χ1) is 7.91. The van der Waals surface area contributed by atoms with Crippen LogP contribution < -0.4 is 5.32 Å². The zero-order chi connectivity index (χ0) is 12.3. The van der Waals surface area contributed by atoms with Gasteiger partial charge in [0.15, 0.2) is 0 Å². The van der Waals surface area contributed by atoms with Crippen LogP contribution in [0.1, 0.15) is 32.6 Å². The van der Waals surface area contributed by atoms with E-state index in [0.29, 0.717) is 17.8 Å². The molecule has 0 heterocycles. The lowest BCUT2D eigenvalue weighted by atomic mass is 9.87. The molecule has 0 aliphatic heterocycles. The minimum Gasteiger partial charge on any atom is -0.301 e. The van der Waals surface area contributed by atoms with Crippen molar-refractivity contribution in [1.29, 1.82) is 0 Å². The number of hydrogen-bond acceptors (Lipinski definition) is 1. The summed E-state index contributed by atoms with van der Waals surface area (Å²) in [5.41, 5.74) is -1.56. The SMILES string of the molecule is CC(NC1(C(F)(F)F)CC1)C1CC2C=CC1C2. The molecule has 17 heavy (non-hydrogen) atoms. The van der Waals surface area contributed by atoms with E-state index in [9.17, 15) is 13.2 Å². The Hall–Kier alpha value is -0.510. The number of halogens is 3. The lowest BCUT2D eigenvalue weighted by Gasteiger charge is -2.31. The molecule has 2 bridgehead atoms. The van der Waals surface area contributed by atoms with E-state index >= 15 is 0 Å². The summed E-state index contributed by atoms with van der Waals surface area (Å²) in [6, 6.07) is -0.0286. The van der Waals surface area contributed by atoms with Gasteiger partial charge < -0.3 is 5.32 Å². The van der Waals surface area contributed by atoms with Crippen molar-refractivity contribution in [3.8, 4) is 0 Å². The highest BCUT2D eigenvalue weighted by Crippen LogP contribution is 2.51. The summed E-state index contributed by atoms with van der Waals surface area (Å²) in [6.45, 7) is 1.92. The van der Waals surface area contributed by atoms with Crippen molar-refractivity contribution in [3.05, 3.63) is 12.2 Å². The van der Waals surface area contributed by atoms with Crippen LogP contribution in [0.3, 0.4) is 0 Å². The molecular weight excluding hydrogens is 227 g/mol. The van der Waals surface area contributed by atoms with Crippen molar-refractivity contribution in [2.75, 3.05) is 0 Å². The van der Waals surface area contributed by atoms with Gasteiger partial charge in [0.05, 0.1) is 0 Å². The van der Waals surface area contributed by atoms with Gasteiger partial charge in [-0.25, -0.2) is 0 Å². The van der Waals surface area contributed by atoms with Gasteiger partial charge in [-0.3, -0.25) is 0 Å². The smallest absolute Gasteiger partial charge is 0.301 e. The third kappa shape index (κ3) is 1.81. The second-order valence-electron chi connectivity index (χ2n) is 5.96. The monoisotopic (exact) mass is 245 g/mol. The highest BCUT2D eigenvalue weighted by Gasteiger charge is 2.64. The largest absolute Gasteiger partial charge is 0.406 e. The average molecular weight is 245 g/mol. The Bertz CT molecular complexity index is 343. The van der Waals surface area contributed by atoms with E-state index in [4.69, 9.17) is 0 Å². The summed E-state index contributed by atoms with van der Waals surface area (Å²) in [5.74, 6) is 1.52. The number of hydrogen-bond donors (Lipinski definition) is 1. The molecule has 3 rings (SSSR count). The van der Waals surface area contributed by atoms with Crippen LogP contribution in [0.2, 0.25) is 0 Å². The zero-order valence-electron chi connectivity index (χ0n) is 9.93. The zero-order valence-corrected chi connectivity index (χ0v) is 9.93. The molecule has 1 N–H and O–H groups in total. The molecule has 3 aliphatic rings. The second kappa shape index (κ2) is 3.50. The van der Waals surface area contributed by atoms with Crippen molar-refractivity contribution in [2.24, 2.45) is 17.8 Å². The van der Waals surface area contributed by atoms with Gasteiger partial charge >= 0.3 is 6.18 Å². The second-order valence-corrected chi connectivity index (χ2v) is 5.96. The fraction of sp³-hybridized carbons (Fsp3) is 0.846. The quantitative estimate of drug-likeness (QED) is 0.752. The van der Waals surface area contributed by atoms with E-state index in [-0.39, 0.29) is 18.9 Å². The number of fused-ring (bicyclic) bond motifs is 2. The van der Waals surface area contributed by atoms with Crippen LogP contribution in [0.5, 0.6) is 0 Å². The van der Waals surface area contributed by atoms with Crippen molar-refractivity contribution >= 4 is 0 Å². The van der Waals surface area contributed by atoms with Crippen LogP contribution in [0.15, 0.2) is 12.2 Å². The summed E-state index contributed by atoms with van der Waals surface area (Å²) in [6.07, 6.45) is 3.04. The van der Waals surface area contributed by atoms with Gasteiger partial charge in [0, 0.05) is 6.04 Å². The average Bonchev–Trinajstić information content (AvgIpc) is 2.74. The minimum atomic E-state index is -4.09. The first kappa shape index (κ1) is 11.6. The molecule has 0 saturated heterocycles. The third-order valence-corrected chi connectivity index (χ3v) is 4.77. The molecule has 0 radical (unpaired) electrons. The molecule has 4 atom stereocenters. The van der Waals surface area contributed by atoms with E-state index in [1.54, 1.807) is 0 Å². The topological polar surface area (TPSA) is 12.0 Å². The Morgan fingerprint density at radius 3 is 2.35 bits per heavy atom. The maximum atomic E-state index is 12.9.